The Morgan fingerprint density at radius 1 is 1.00 bits per heavy atom. The van der Waals surface area contributed by atoms with Crippen molar-refractivity contribution >= 4 is 35.5 Å². The van der Waals surface area contributed by atoms with Gasteiger partial charge in [0.15, 0.2) is 0 Å². The smallest absolute Gasteiger partial charge is 0.390 e. The average molecular weight is 735 g/mol. The Bertz CT molecular complexity index is 1410. The second-order valence-corrected chi connectivity index (χ2v) is 13.2. The maximum Gasteiger partial charge on any atom is 0.490 e. The van der Waals surface area contributed by atoms with Gasteiger partial charge in [0.2, 0.25) is 5.91 Å². The van der Waals surface area contributed by atoms with Gasteiger partial charge in [-0.05, 0) is 57.8 Å². The van der Waals surface area contributed by atoms with Crippen LogP contribution in [0, 0.1) is 63.7 Å². The molecular weight excluding hydrogens is 707 g/mol. The molecule has 1 saturated heterocycles. The number of aromatic amines is 1. The van der Waals surface area contributed by atoms with E-state index in [-0.39, 0.29) is 41.5 Å². The summed E-state index contributed by atoms with van der Waals surface area (Å²) < 4.78 is 52.0. The number of carbonyl (C=O) groups is 1. The van der Waals surface area contributed by atoms with Gasteiger partial charge in [-0.25, -0.2) is 18.5 Å². The van der Waals surface area contributed by atoms with E-state index in [1.54, 1.807) is 25.7 Å². The van der Waals surface area contributed by atoms with E-state index in [4.69, 9.17) is 14.5 Å². The summed E-state index contributed by atoms with van der Waals surface area (Å²) in [5.41, 5.74) is -1.67. The van der Waals surface area contributed by atoms with Gasteiger partial charge >= 0.3 is 29.2 Å². The summed E-state index contributed by atoms with van der Waals surface area (Å²) in [6, 6.07) is 0. The third kappa shape index (κ3) is 13.8. The number of amides is 1. The molecule has 2 saturated carbocycles. The third-order valence-corrected chi connectivity index (χ3v) is 9.29. The molecule has 248 valence electrons. The minimum Gasteiger partial charge on any atom is -0.390 e. The summed E-state index contributed by atoms with van der Waals surface area (Å²) in [5.74, 6) is 0.119. The number of H-pyrrole nitrogens is 1. The number of hydrogen-bond acceptors (Lipinski definition) is 11. The fraction of sp³-hybridized carbons (Fsp3) is 0.261. The second-order valence-electron chi connectivity index (χ2n) is 8.82. The van der Waals surface area contributed by atoms with E-state index in [0.717, 1.165) is 10.8 Å². The Hall–Kier alpha value is -1.26. The van der Waals surface area contributed by atoms with Gasteiger partial charge < -0.3 is 34.7 Å². The first-order valence-corrected chi connectivity index (χ1v) is 16.9. The number of phosphoric acid groups is 3. The van der Waals surface area contributed by atoms with Crippen LogP contribution in [-0.4, -0.2) is 65.5 Å². The first kappa shape index (κ1) is 39.9. The molecule has 1 aliphatic heterocycles. The number of hydrogen-bond donors (Lipinski definition) is 7. The van der Waals surface area contributed by atoms with E-state index in [2.05, 4.69) is 23.4 Å². The van der Waals surface area contributed by atoms with Gasteiger partial charge in [0, 0.05) is 36.2 Å². The van der Waals surface area contributed by atoms with Gasteiger partial charge in [-0.3, -0.25) is 23.7 Å². The van der Waals surface area contributed by atoms with Crippen LogP contribution in [-0.2, 0) is 53.4 Å². The molecule has 0 bridgehead atoms. The number of nitrogens with zero attached hydrogens (tertiary/aromatic N) is 1. The van der Waals surface area contributed by atoms with E-state index >= 15 is 0 Å². The molecule has 45 heavy (non-hydrogen) atoms. The van der Waals surface area contributed by atoms with Crippen molar-refractivity contribution in [2.45, 2.75) is 24.9 Å². The maximum atomic E-state index is 12.3. The molecule has 5 atom stereocenters. The Labute approximate surface area is 268 Å². The van der Waals surface area contributed by atoms with Gasteiger partial charge in [-0.15, -0.1) is 0 Å². The number of aliphatic hydroxyl groups is 1. The number of carbonyl (C=O) groups excluding carboxylic acids is 1. The number of aliphatic hydroxyl groups excluding tert-OH is 1. The van der Waals surface area contributed by atoms with Crippen LogP contribution in [0.1, 0.15) is 18.2 Å². The van der Waals surface area contributed by atoms with Crippen molar-refractivity contribution in [1.82, 2.24) is 14.9 Å². The molecule has 2 aliphatic carbocycles. The van der Waals surface area contributed by atoms with Crippen LogP contribution in [0.25, 0.3) is 6.08 Å². The minimum absolute atomic E-state index is 0. The fourth-order valence-corrected chi connectivity index (χ4v) is 6.66. The second kappa shape index (κ2) is 17.8. The first-order valence-electron chi connectivity index (χ1n) is 12.4. The van der Waals surface area contributed by atoms with Crippen LogP contribution < -0.4 is 16.6 Å². The van der Waals surface area contributed by atoms with E-state index in [0.29, 0.717) is 5.92 Å². The molecular formula is C23H28FeN3O15P3. The quantitative estimate of drug-likeness (QED) is 0.111. The van der Waals surface area contributed by atoms with Crippen molar-refractivity contribution in [2.24, 2.45) is 0 Å². The average Bonchev–Trinajstić information content (AvgIpc) is 3.69. The van der Waals surface area contributed by atoms with Crippen molar-refractivity contribution in [3.05, 3.63) is 102 Å². The van der Waals surface area contributed by atoms with Crippen LogP contribution >= 0.6 is 23.5 Å². The number of aromatic nitrogens is 2. The van der Waals surface area contributed by atoms with Crippen molar-refractivity contribution < 1.29 is 78.1 Å². The van der Waals surface area contributed by atoms with E-state index in [1.165, 1.54) is 12.2 Å². The SMILES string of the molecule is O=C(NC/C=C/c1cn([C@H]2C[C@H](O)[C@@H](COP(=O)(O)OP(=O)(O)OP(=O)(O)O)O2)c(=O)[nH]c1=O)[C]1[CH][CH][CH][CH]1.[CH]1[CH][CH][CH][CH]1.[Fe]. The molecule has 1 aromatic rings. The number of rotatable bonds is 12. The predicted molar refractivity (Wildman–Crippen MR) is 150 cm³/mol. The Kier molecular flexibility index (Phi) is 15.8. The first-order chi connectivity index (χ1) is 20.6. The predicted octanol–water partition coefficient (Wildman–Crippen LogP) is 0.0819. The van der Waals surface area contributed by atoms with Crippen LogP contribution in [0.3, 0.4) is 0 Å². The molecule has 0 spiro atoms. The van der Waals surface area contributed by atoms with E-state index in [1.807, 2.05) is 32.1 Å². The molecule has 2 unspecified atom stereocenters. The zero-order chi connectivity index (χ0) is 32.5. The van der Waals surface area contributed by atoms with Crippen LogP contribution in [0.4, 0.5) is 0 Å². The molecule has 1 aromatic heterocycles. The Morgan fingerprint density at radius 3 is 2.18 bits per heavy atom. The fourth-order valence-electron chi connectivity index (χ4n) is 3.63. The maximum absolute atomic E-state index is 12.3. The molecule has 2 heterocycles. The Morgan fingerprint density at radius 2 is 1.60 bits per heavy atom. The normalized spacial score (nSPS) is 24.8. The van der Waals surface area contributed by atoms with Gasteiger partial charge in [0.05, 0.1) is 24.2 Å². The minimum atomic E-state index is -5.73. The molecule has 18 nitrogen and oxygen atoms in total. The van der Waals surface area contributed by atoms with Crippen LogP contribution in [0.5, 0.6) is 0 Å². The molecule has 3 fully saturated rings. The molecule has 7 N–H and O–H groups in total. The largest absolute Gasteiger partial charge is 0.490 e. The zero-order valence-electron chi connectivity index (χ0n) is 22.7. The number of nitrogens with one attached hydrogen (secondary N) is 2. The molecule has 22 heteroatoms. The summed E-state index contributed by atoms with van der Waals surface area (Å²) in [6.45, 7) is -0.876. The molecule has 3 aliphatic rings. The number of phosphoric ester groups is 1. The molecule has 10 radical (unpaired) electrons. The summed E-state index contributed by atoms with van der Waals surface area (Å²) in [5, 5.41) is 12.8. The molecule has 4 rings (SSSR count). The van der Waals surface area contributed by atoms with Crippen LogP contribution in [0.15, 0.2) is 21.9 Å². The third-order valence-electron chi connectivity index (χ3n) is 5.49. The Balaban J connectivity index is 0.00000107. The topological polar surface area (TPSA) is 273 Å². The van der Waals surface area contributed by atoms with E-state index < -0.39 is 59.8 Å². The summed E-state index contributed by atoms with van der Waals surface area (Å²) in [6.07, 6.45) is 16.3. The van der Waals surface area contributed by atoms with Crippen molar-refractivity contribution in [2.75, 3.05) is 13.2 Å². The van der Waals surface area contributed by atoms with Gasteiger partial charge in [-0.1, -0.05) is 12.2 Å². The van der Waals surface area contributed by atoms with Crippen molar-refractivity contribution in [1.29, 1.82) is 0 Å². The number of ether oxygens (including phenoxy) is 1. The monoisotopic (exact) mass is 735 g/mol. The van der Waals surface area contributed by atoms with Gasteiger partial charge in [0.1, 0.15) is 12.3 Å². The zero-order valence-corrected chi connectivity index (χ0v) is 26.5. The molecule has 1 amide bonds. The van der Waals surface area contributed by atoms with Gasteiger partial charge in [-0.2, -0.15) is 8.62 Å². The van der Waals surface area contributed by atoms with E-state index in [9.17, 15) is 43.0 Å². The van der Waals surface area contributed by atoms with Crippen LogP contribution in [0.2, 0.25) is 0 Å². The van der Waals surface area contributed by atoms with Crippen molar-refractivity contribution in [3.8, 4) is 0 Å². The molecule has 0 aromatic carbocycles. The standard InChI is InChI=1S/C18H23N3O15P3.C5H5.Fe/c22-13-8-15(34-14(13)10-33-38(29,30)36-39(31,32)35-37(26,27)28)21-9-12(17(24)20-18(21)25)6-3-7-19-16(23)11-4-1-2-5-11;1-2-4-5-3-1;/h1-6,9,13-15,22H,7-8,10H2,(H,19,23)(H,29,30)(H,31,32)(H,20,24,25)(H2,26,27,28);1-5H;/b6-3+;;/t13-,14+,15+;;/m0../s1. The van der Waals surface area contributed by atoms with Gasteiger partial charge in [0.25, 0.3) is 5.56 Å². The summed E-state index contributed by atoms with van der Waals surface area (Å²) in [7, 11) is -16.8. The summed E-state index contributed by atoms with van der Waals surface area (Å²) >= 11 is 0. The van der Waals surface area contributed by atoms with Crippen molar-refractivity contribution in [3.63, 3.8) is 0 Å². The summed E-state index contributed by atoms with van der Waals surface area (Å²) in [4.78, 5) is 74.3.